The summed E-state index contributed by atoms with van der Waals surface area (Å²) in [4.78, 5) is 4.62. The fourth-order valence-electron chi connectivity index (χ4n) is 3.52. The van der Waals surface area contributed by atoms with Crippen LogP contribution in [0, 0.1) is 6.92 Å². The van der Waals surface area contributed by atoms with Crippen molar-refractivity contribution in [1.82, 2.24) is 9.55 Å². The Labute approximate surface area is 151 Å². The van der Waals surface area contributed by atoms with Gasteiger partial charge >= 0.3 is 0 Å². The smallest absolute Gasteiger partial charge is 0.154 e. The third-order valence-electron chi connectivity index (χ3n) is 4.94. The molecule has 0 saturated heterocycles. The van der Waals surface area contributed by atoms with Crippen LogP contribution < -0.4 is 4.74 Å². The number of hydrogen-bond acceptors (Lipinski definition) is 4. The molecule has 3 aromatic rings. The molecule has 0 radical (unpaired) electrons. The summed E-state index contributed by atoms with van der Waals surface area (Å²) in [6.45, 7) is 1.23. The van der Waals surface area contributed by atoms with E-state index in [-0.39, 0.29) is 6.61 Å². The molecule has 0 bridgehead atoms. The topological polar surface area (TPSA) is 56.5 Å². The van der Waals surface area contributed by atoms with Crippen molar-refractivity contribution in [3.63, 3.8) is 0 Å². The number of nitrogens with zero attached hydrogens (tertiary/aromatic N) is 2. The Bertz CT molecular complexity index is 926. The summed E-state index contributed by atoms with van der Waals surface area (Å²) in [6, 6.07) is 13.3. The number of imidazole rings is 1. The number of rotatable bonds is 4. The van der Waals surface area contributed by atoms with Gasteiger partial charge in [0.1, 0.15) is 30.2 Å². The molecule has 1 aliphatic heterocycles. The summed E-state index contributed by atoms with van der Waals surface area (Å²) >= 11 is 0. The lowest BCUT2D eigenvalue weighted by atomic mass is 9.91. The minimum atomic E-state index is -0.946. The van der Waals surface area contributed by atoms with Crippen LogP contribution in [0.5, 0.6) is 5.75 Å². The van der Waals surface area contributed by atoms with Crippen molar-refractivity contribution in [2.75, 3.05) is 13.3 Å². The van der Waals surface area contributed by atoms with E-state index in [4.69, 9.17) is 9.47 Å². The fourth-order valence-corrected chi connectivity index (χ4v) is 3.52. The molecule has 0 spiro atoms. The molecule has 1 N–H and O–H groups in total. The number of aryl methyl sites for hydroxylation is 2. The molecule has 0 saturated carbocycles. The molecule has 0 fully saturated rings. The van der Waals surface area contributed by atoms with Crippen molar-refractivity contribution in [2.24, 2.45) is 7.05 Å². The van der Waals surface area contributed by atoms with Crippen LogP contribution in [-0.2, 0) is 11.8 Å². The fraction of sp³-hybridized carbons (Fsp3) is 0.350. The van der Waals surface area contributed by atoms with Crippen molar-refractivity contribution in [3.8, 4) is 5.75 Å². The average Bonchev–Trinajstić information content (AvgIpc) is 2.96. The van der Waals surface area contributed by atoms with Crippen LogP contribution in [0.25, 0.3) is 11.0 Å². The van der Waals surface area contributed by atoms with E-state index in [9.17, 15) is 9.50 Å². The normalized spacial score (nSPS) is 22.2. The van der Waals surface area contributed by atoms with Gasteiger partial charge in [-0.3, -0.25) is 0 Å². The van der Waals surface area contributed by atoms with E-state index < -0.39 is 25.0 Å². The van der Waals surface area contributed by atoms with Gasteiger partial charge in [0.05, 0.1) is 12.1 Å². The van der Waals surface area contributed by atoms with Gasteiger partial charge in [0, 0.05) is 12.6 Å². The van der Waals surface area contributed by atoms with E-state index in [1.165, 1.54) is 0 Å². The molecular formula is C20H21FN2O3. The Hall–Kier alpha value is -2.44. The maximum absolute atomic E-state index is 12.7. The molecule has 2 aromatic carbocycles. The van der Waals surface area contributed by atoms with Gasteiger partial charge in [-0.25, -0.2) is 9.37 Å². The highest BCUT2D eigenvalue weighted by molar-refractivity contribution is 5.84. The molecule has 2 heterocycles. The zero-order chi connectivity index (χ0) is 18.3. The standard InChI is InChI=1S/C20H21FN2O3/c1-12-22-16-15(23(12)2)9-8-14-19(16)26-18(13-6-4-3-5-7-13)17(24)20(14)25-11-10-21/h3-9,17-18,20,24H,10-11H2,1-2H3/t17-,18-,20-/m1/s1. The van der Waals surface area contributed by atoms with Crippen molar-refractivity contribution in [2.45, 2.75) is 25.2 Å². The van der Waals surface area contributed by atoms with E-state index in [0.29, 0.717) is 11.3 Å². The minimum Gasteiger partial charge on any atom is -0.480 e. The minimum absolute atomic E-state index is 0.0814. The highest BCUT2D eigenvalue weighted by atomic mass is 19.1. The van der Waals surface area contributed by atoms with Gasteiger partial charge in [0.25, 0.3) is 0 Å². The van der Waals surface area contributed by atoms with Crippen LogP contribution in [0.2, 0.25) is 0 Å². The third-order valence-corrected chi connectivity index (χ3v) is 4.94. The zero-order valence-electron chi connectivity index (χ0n) is 14.7. The summed E-state index contributed by atoms with van der Waals surface area (Å²) < 4.78 is 26.6. The number of aliphatic hydroxyl groups excluding tert-OH is 1. The molecule has 1 aromatic heterocycles. The third kappa shape index (κ3) is 2.66. The van der Waals surface area contributed by atoms with E-state index in [2.05, 4.69) is 4.98 Å². The Balaban J connectivity index is 1.87. The maximum Gasteiger partial charge on any atom is 0.154 e. The second-order valence-electron chi connectivity index (χ2n) is 6.49. The predicted molar refractivity (Wildman–Crippen MR) is 95.9 cm³/mol. The molecule has 4 rings (SSSR count). The lowest BCUT2D eigenvalue weighted by Gasteiger charge is -2.36. The van der Waals surface area contributed by atoms with Crippen LogP contribution >= 0.6 is 0 Å². The van der Waals surface area contributed by atoms with E-state index in [1.807, 2.05) is 61.0 Å². The largest absolute Gasteiger partial charge is 0.480 e. The highest BCUT2D eigenvalue weighted by Crippen LogP contribution is 2.46. The maximum atomic E-state index is 12.7. The van der Waals surface area contributed by atoms with E-state index >= 15 is 0 Å². The SMILES string of the molecule is Cc1nc2c3c(ccc2n1C)[C@@H](OCCF)[C@H](O)[C@@H](c1ccccc1)O3. The first kappa shape index (κ1) is 17.0. The number of benzene rings is 2. The quantitative estimate of drug-likeness (QED) is 0.778. The summed E-state index contributed by atoms with van der Waals surface area (Å²) in [5.41, 5.74) is 3.20. The molecule has 26 heavy (non-hydrogen) atoms. The number of fused-ring (bicyclic) bond motifs is 3. The second kappa shape index (κ2) is 6.70. The van der Waals surface area contributed by atoms with Crippen LogP contribution in [0.3, 0.4) is 0 Å². The van der Waals surface area contributed by atoms with E-state index in [0.717, 1.165) is 22.4 Å². The van der Waals surface area contributed by atoms with Crippen molar-refractivity contribution in [3.05, 3.63) is 59.4 Å². The molecule has 136 valence electrons. The van der Waals surface area contributed by atoms with E-state index in [1.54, 1.807) is 0 Å². The number of alkyl halides is 1. The summed E-state index contributed by atoms with van der Waals surface area (Å²) in [5.74, 6) is 1.45. The van der Waals surface area contributed by atoms with Gasteiger partial charge in [-0.15, -0.1) is 0 Å². The van der Waals surface area contributed by atoms with Gasteiger partial charge in [-0.05, 0) is 18.6 Å². The number of hydrogen-bond donors (Lipinski definition) is 1. The predicted octanol–water partition coefficient (Wildman–Crippen LogP) is 3.40. The molecular weight excluding hydrogens is 335 g/mol. The van der Waals surface area contributed by atoms with Crippen molar-refractivity contribution < 1.29 is 19.0 Å². The second-order valence-corrected chi connectivity index (χ2v) is 6.49. The van der Waals surface area contributed by atoms with Crippen molar-refractivity contribution >= 4 is 11.0 Å². The highest BCUT2D eigenvalue weighted by Gasteiger charge is 2.40. The number of aliphatic hydroxyl groups is 1. The average molecular weight is 356 g/mol. The molecule has 6 heteroatoms. The lowest BCUT2D eigenvalue weighted by Crippen LogP contribution is -2.36. The first-order chi connectivity index (χ1) is 12.6. The van der Waals surface area contributed by atoms with Gasteiger partial charge in [-0.1, -0.05) is 36.4 Å². The Morgan fingerprint density at radius 1 is 1.23 bits per heavy atom. The molecule has 0 aliphatic carbocycles. The molecule has 0 unspecified atom stereocenters. The number of halogens is 1. The summed E-state index contributed by atoms with van der Waals surface area (Å²) in [7, 11) is 1.94. The van der Waals surface area contributed by atoms with Crippen LogP contribution in [0.4, 0.5) is 4.39 Å². The van der Waals surface area contributed by atoms with Crippen molar-refractivity contribution in [1.29, 1.82) is 0 Å². The molecule has 1 aliphatic rings. The monoisotopic (exact) mass is 356 g/mol. The summed E-state index contributed by atoms with van der Waals surface area (Å²) in [5, 5.41) is 10.9. The Morgan fingerprint density at radius 3 is 2.73 bits per heavy atom. The first-order valence-electron chi connectivity index (χ1n) is 8.65. The summed E-state index contributed by atoms with van der Waals surface area (Å²) in [6.07, 6.45) is -2.23. The molecule has 3 atom stereocenters. The Morgan fingerprint density at radius 2 is 2.00 bits per heavy atom. The van der Waals surface area contributed by atoms with Crippen LogP contribution in [0.15, 0.2) is 42.5 Å². The molecule has 0 amide bonds. The first-order valence-corrected chi connectivity index (χ1v) is 8.65. The van der Waals surface area contributed by atoms with Gasteiger partial charge in [-0.2, -0.15) is 0 Å². The number of ether oxygens (including phenoxy) is 2. The number of aromatic nitrogens is 2. The lowest BCUT2D eigenvalue weighted by molar-refractivity contribution is -0.103. The van der Waals surface area contributed by atoms with Gasteiger partial charge < -0.3 is 19.1 Å². The zero-order valence-corrected chi connectivity index (χ0v) is 14.7. The van der Waals surface area contributed by atoms with Gasteiger partial charge in [0.15, 0.2) is 11.9 Å². The van der Waals surface area contributed by atoms with Crippen LogP contribution in [-0.4, -0.2) is 34.0 Å². The van der Waals surface area contributed by atoms with Gasteiger partial charge in [0.2, 0.25) is 0 Å². The van der Waals surface area contributed by atoms with Crippen LogP contribution in [0.1, 0.15) is 29.2 Å². The molecule has 5 nitrogen and oxygen atoms in total. The Kier molecular flexibility index (Phi) is 4.38.